The molecule has 0 saturated carbocycles. The second-order valence-electron chi connectivity index (χ2n) is 5.16. The van der Waals surface area contributed by atoms with Crippen molar-refractivity contribution in [3.63, 3.8) is 0 Å². The summed E-state index contributed by atoms with van der Waals surface area (Å²) in [4.78, 5) is 18.6. The molecule has 0 radical (unpaired) electrons. The first kappa shape index (κ1) is 12.1. The zero-order valence-electron chi connectivity index (χ0n) is 11.3. The highest BCUT2D eigenvalue weighted by atomic mass is 16.5. The third-order valence-electron chi connectivity index (χ3n) is 3.81. The second-order valence-corrected chi connectivity index (χ2v) is 5.16. The minimum absolute atomic E-state index is 0.0482. The smallest absolute Gasteiger partial charge is 0.229 e. The molecule has 1 amide bonds. The van der Waals surface area contributed by atoms with Crippen LogP contribution in [0.4, 0.5) is 0 Å². The maximum atomic E-state index is 12.4. The van der Waals surface area contributed by atoms with Gasteiger partial charge in [0, 0.05) is 18.1 Å². The van der Waals surface area contributed by atoms with E-state index in [1.54, 1.807) is 11.1 Å². The van der Waals surface area contributed by atoms with E-state index in [4.69, 9.17) is 4.52 Å². The Morgan fingerprint density at radius 3 is 3.00 bits per heavy atom. The molecule has 21 heavy (non-hydrogen) atoms. The molecule has 0 unspecified atom stereocenters. The molecule has 0 atom stereocenters. The van der Waals surface area contributed by atoms with E-state index in [9.17, 15) is 4.79 Å². The molecule has 0 bridgehead atoms. The SMILES string of the molecule is O=C(Cc1noc2ccccc12)N1Cc2cccnc2C1. The Labute approximate surface area is 121 Å². The van der Waals surface area contributed by atoms with E-state index in [1.807, 2.05) is 36.4 Å². The van der Waals surface area contributed by atoms with Crippen molar-refractivity contribution in [1.29, 1.82) is 0 Å². The van der Waals surface area contributed by atoms with Crippen LogP contribution in [0.5, 0.6) is 0 Å². The van der Waals surface area contributed by atoms with Crippen LogP contribution >= 0.6 is 0 Å². The highest BCUT2D eigenvalue weighted by Crippen LogP contribution is 2.23. The van der Waals surface area contributed by atoms with Crippen LogP contribution in [0, 0.1) is 0 Å². The zero-order valence-corrected chi connectivity index (χ0v) is 11.3. The number of rotatable bonds is 2. The lowest BCUT2D eigenvalue weighted by Gasteiger charge is -2.14. The molecular weight excluding hydrogens is 266 g/mol. The number of benzene rings is 1. The van der Waals surface area contributed by atoms with Gasteiger partial charge in [0.05, 0.1) is 18.7 Å². The number of amides is 1. The third-order valence-corrected chi connectivity index (χ3v) is 3.81. The minimum Gasteiger partial charge on any atom is -0.356 e. The summed E-state index contributed by atoms with van der Waals surface area (Å²) in [6, 6.07) is 11.5. The van der Waals surface area contributed by atoms with Crippen LogP contribution in [0.2, 0.25) is 0 Å². The van der Waals surface area contributed by atoms with Crippen molar-refractivity contribution < 1.29 is 9.32 Å². The molecule has 4 rings (SSSR count). The predicted molar refractivity (Wildman–Crippen MR) is 76.2 cm³/mol. The highest BCUT2D eigenvalue weighted by molar-refractivity contribution is 5.86. The van der Waals surface area contributed by atoms with Crippen molar-refractivity contribution in [1.82, 2.24) is 15.0 Å². The van der Waals surface area contributed by atoms with Gasteiger partial charge in [0.1, 0.15) is 5.69 Å². The topological polar surface area (TPSA) is 59.2 Å². The van der Waals surface area contributed by atoms with E-state index < -0.39 is 0 Å². The largest absolute Gasteiger partial charge is 0.356 e. The number of aromatic nitrogens is 2. The maximum absolute atomic E-state index is 12.4. The van der Waals surface area contributed by atoms with E-state index >= 15 is 0 Å². The van der Waals surface area contributed by atoms with Gasteiger partial charge in [-0.1, -0.05) is 23.4 Å². The minimum atomic E-state index is 0.0482. The van der Waals surface area contributed by atoms with E-state index in [-0.39, 0.29) is 12.3 Å². The van der Waals surface area contributed by atoms with Gasteiger partial charge in [-0.25, -0.2) is 0 Å². The van der Waals surface area contributed by atoms with Gasteiger partial charge < -0.3 is 9.42 Å². The summed E-state index contributed by atoms with van der Waals surface area (Å²) >= 11 is 0. The molecule has 1 aliphatic rings. The summed E-state index contributed by atoms with van der Waals surface area (Å²) in [5.41, 5.74) is 3.51. The fraction of sp³-hybridized carbons (Fsp3) is 0.188. The van der Waals surface area contributed by atoms with Crippen LogP contribution in [-0.4, -0.2) is 20.9 Å². The molecule has 0 fully saturated rings. The van der Waals surface area contributed by atoms with Crippen molar-refractivity contribution in [2.45, 2.75) is 19.5 Å². The molecule has 3 heterocycles. The average molecular weight is 279 g/mol. The van der Waals surface area contributed by atoms with E-state index in [0.29, 0.717) is 24.4 Å². The molecule has 1 aromatic carbocycles. The Bertz CT molecular complexity index is 800. The summed E-state index contributed by atoms with van der Waals surface area (Å²) in [5, 5.41) is 4.92. The van der Waals surface area contributed by atoms with Gasteiger partial charge >= 0.3 is 0 Å². The standard InChI is InChI=1S/C16H13N3O2/c20-16(19-9-11-4-3-7-17-14(11)10-19)8-13-12-5-1-2-6-15(12)21-18-13/h1-7H,8-10H2. The number of hydrogen-bond donors (Lipinski definition) is 0. The molecule has 0 saturated heterocycles. The van der Waals surface area contributed by atoms with Crippen molar-refractivity contribution in [2.24, 2.45) is 0 Å². The van der Waals surface area contributed by atoms with Gasteiger partial charge in [-0.3, -0.25) is 9.78 Å². The van der Waals surface area contributed by atoms with Gasteiger partial charge in [-0.2, -0.15) is 0 Å². The van der Waals surface area contributed by atoms with Gasteiger partial charge in [0.15, 0.2) is 5.58 Å². The molecule has 5 heteroatoms. The molecule has 2 aromatic heterocycles. The molecule has 3 aromatic rings. The summed E-state index contributed by atoms with van der Waals surface area (Å²) < 4.78 is 5.24. The lowest BCUT2D eigenvalue weighted by atomic mass is 10.1. The Morgan fingerprint density at radius 2 is 2.10 bits per heavy atom. The van der Waals surface area contributed by atoms with Crippen LogP contribution in [0.15, 0.2) is 47.1 Å². The van der Waals surface area contributed by atoms with Gasteiger partial charge in [0.2, 0.25) is 5.91 Å². The predicted octanol–water partition coefficient (Wildman–Crippen LogP) is 2.31. The molecule has 5 nitrogen and oxygen atoms in total. The molecule has 1 aliphatic heterocycles. The fourth-order valence-corrected chi connectivity index (χ4v) is 2.70. The highest BCUT2D eigenvalue weighted by Gasteiger charge is 2.25. The summed E-state index contributed by atoms with van der Waals surface area (Å²) in [6.45, 7) is 1.20. The monoisotopic (exact) mass is 279 g/mol. The Balaban J connectivity index is 1.55. The summed E-state index contributed by atoms with van der Waals surface area (Å²) in [5.74, 6) is 0.0482. The molecule has 0 aliphatic carbocycles. The van der Waals surface area contributed by atoms with Crippen molar-refractivity contribution in [2.75, 3.05) is 0 Å². The molecular formula is C16H13N3O2. The van der Waals surface area contributed by atoms with E-state index in [2.05, 4.69) is 10.1 Å². The van der Waals surface area contributed by atoms with Crippen LogP contribution in [-0.2, 0) is 24.3 Å². The van der Waals surface area contributed by atoms with Gasteiger partial charge in [0.25, 0.3) is 0 Å². The number of hydrogen-bond acceptors (Lipinski definition) is 4. The number of fused-ring (bicyclic) bond motifs is 2. The number of carbonyl (C=O) groups is 1. The van der Waals surface area contributed by atoms with Crippen LogP contribution in [0.3, 0.4) is 0 Å². The van der Waals surface area contributed by atoms with Crippen LogP contribution in [0.1, 0.15) is 17.0 Å². The second kappa shape index (κ2) is 4.70. The quantitative estimate of drug-likeness (QED) is 0.722. The summed E-state index contributed by atoms with van der Waals surface area (Å²) in [7, 11) is 0. The first-order chi connectivity index (χ1) is 10.3. The van der Waals surface area contributed by atoms with Gasteiger partial charge in [-0.15, -0.1) is 0 Å². The zero-order chi connectivity index (χ0) is 14.2. The number of pyridine rings is 1. The van der Waals surface area contributed by atoms with Crippen molar-refractivity contribution in [3.8, 4) is 0 Å². The molecule has 0 spiro atoms. The summed E-state index contributed by atoms with van der Waals surface area (Å²) in [6.07, 6.45) is 2.02. The number of carbonyl (C=O) groups excluding carboxylic acids is 1. The first-order valence-corrected chi connectivity index (χ1v) is 6.85. The number of nitrogens with zero attached hydrogens (tertiary/aromatic N) is 3. The lowest BCUT2D eigenvalue weighted by Crippen LogP contribution is -2.27. The average Bonchev–Trinajstić information content (AvgIpc) is 3.11. The first-order valence-electron chi connectivity index (χ1n) is 6.85. The van der Waals surface area contributed by atoms with Crippen molar-refractivity contribution in [3.05, 3.63) is 59.5 Å². The Hall–Kier alpha value is -2.69. The fourth-order valence-electron chi connectivity index (χ4n) is 2.70. The normalized spacial score (nSPS) is 13.6. The molecule has 0 N–H and O–H groups in total. The molecule has 104 valence electrons. The third kappa shape index (κ3) is 2.07. The van der Waals surface area contributed by atoms with Gasteiger partial charge in [-0.05, 0) is 23.8 Å². The Morgan fingerprint density at radius 1 is 1.19 bits per heavy atom. The Kier molecular flexibility index (Phi) is 2.70. The maximum Gasteiger partial charge on any atom is 0.229 e. The van der Waals surface area contributed by atoms with Crippen LogP contribution < -0.4 is 0 Å². The van der Waals surface area contributed by atoms with Crippen molar-refractivity contribution >= 4 is 16.9 Å². The lowest BCUT2D eigenvalue weighted by molar-refractivity contribution is -0.131. The van der Waals surface area contributed by atoms with Crippen LogP contribution in [0.25, 0.3) is 11.0 Å². The number of para-hydroxylation sites is 1. The van der Waals surface area contributed by atoms with E-state index in [1.165, 1.54) is 0 Å². The van der Waals surface area contributed by atoms with E-state index in [0.717, 1.165) is 16.6 Å².